The molecule has 0 saturated heterocycles. The molecule has 0 spiro atoms. The first-order valence-electron chi connectivity index (χ1n) is 8.66. The molecule has 2 heterocycles. The standard InChI is InChI=1S/C18H18FN3O2S.C2H6/c1-10-9-13-14(17(23)20-2)15(11-5-7-12(19)8-6-11)24-18(13)21-16(10)22(3)25-4;1-2/h5-9H,1-4H3,(H,20,23);1-2H3. The average Bonchev–Trinajstić information content (AvgIpc) is 3.06. The largest absolute Gasteiger partial charge is 0.437 e. The maximum absolute atomic E-state index is 13.2. The van der Waals surface area contributed by atoms with Crippen molar-refractivity contribution in [1.82, 2.24) is 10.3 Å². The predicted octanol–water partition coefficient (Wildman–Crippen LogP) is 5.04. The van der Waals surface area contributed by atoms with Crippen LogP contribution in [-0.2, 0) is 0 Å². The van der Waals surface area contributed by atoms with E-state index >= 15 is 0 Å². The number of hydrogen-bond donors (Lipinski definition) is 1. The minimum atomic E-state index is -0.348. The fourth-order valence-corrected chi connectivity index (χ4v) is 3.03. The number of carbonyl (C=O) groups excluding carboxylic acids is 1. The molecule has 0 bridgehead atoms. The van der Waals surface area contributed by atoms with Gasteiger partial charge in [0, 0.05) is 25.9 Å². The van der Waals surface area contributed by atoms with E-state index in [0.29, 0.717) is 28.0 Å². The van der Waals surface area contributed by atoms with Crippen LogP contribution >= 0.6 is 11.9 Å². The second-order valence-corrected chi connectivity index (χ2v) is 6.47. The van der Waals surface area contributed by atoms with Crippen molar-refractivity contribution in [3.8, 4) is 11.3 Å². The lowest BCUT2D eigenvalue weighted by atomic mass is 10.0. The molecule has 0 aliphatic carbocycles. The number of rotatable bonds is 4. The normalized spacial score (nSPS) is 10.3. The minimum absolute atomic E-state index is 0.273. The van der Waals surface area contributed by atoms with E-state index in [1.807, 2.05) is 44.4 Å². The quantitative estimate of drug-likeness (QED) is 0.633. The first-order chi connectivity index (χ1) is 13.0. The van der Waals surface area contributed by atoms with E-state index in [9.17, 15) is 9.18 Å². The highest BCUT2D eigenvalue weighted by atomic mass is 32.2. The van der Waals surface area contributed by atoms with Gasteiger partial charge in [0.25, 0.3) is 5.91 Å². The fraction of sp³-hybridized carbons (Fsp3) is 0.300. The zero-order chi connectivity index (χ0) is 20.1. The van der Waals surface area contributed by atoms with Gasteiger partial charge >= 0.3 is 0 Å². The Morgan fingerprint density at radius 3 is 2.44 bits per heavy atom. The summed E-state index contributed by atoms with van der Waals surface area (Å²) < 4.78 is 21.1. The molecule has 7 heteroatoms. The summed E-state index contributed by atoms with van der Waals surface area (Å²) in [5.74, 6) is 0.525. The molecule has 0 unspecified atom stereocenters. The lowest BCUT2D eigenvalue weighted by Crippen LogP contribution is -2.18. The highest BCUT2D eigenvalue weighted by molar-refractivity contribution is 7.99. The molecule has 144 valence electrons. The third-order valence-electron chi connectivity index (χ3n) is 3.98. The summed E-state index contributed by atoms with van der Waals surface area (Å²) in [4.78, 5) is 17.0. The Bertz CT molecular complexity index is 939. The molecule has 1 amide bonds. The van der Waals surface area contributed by atoms with E-state index in [2.05, 4.69) is 10.3 Å². The van der Waals surface area contributed by atoms with Gasteiger partial charge in [-0.1, -0.05) is 25.8 Å². The van der Waals surface area contributed by atoms with Crippen LogP contribution in [0.4, 0.5) is 10.2 Å². The maximum atomic E-state index is 13.2. The maximum Gasteiger partial charge on any atom is 0.255 e. The Kier molecular flexibility index (Phi) is 6.85. The molecule has 0 radical (unpaired) electrons. The average molecular weight is 389 g/mol. The lowest BCUT2D eigenvalue weighted by Gasteiger charge is -2.16. The van der Waals surface area contributed by atoms with Gasteiger partial charge in [-0.2, -0.15) is 4.98 Å². The van der Waals surface area contributed by atoms with Crippen molar-refractivity contribution in [3.05, 3.63) is 47.3 Å². The Labute approximate surface area is 163 Å². The number of nitrogens with zero attached hydrogens (tertiary/aromatic N) is 2. The summed E-state index contributed by atoms with van der Waals surface area (Å²) in [5.41, 5.74) is 2.33. The number of amides is 1. The number of furan rings is 1. The minimum Gasteiger partial charge on any atom is -0.437 e. The first kappa shape index (κ1) is 20.8. The van der Waals surface area contributed by atoms with Gasteiger partial charge in [-0.3, -0.25) is 4.79 Å². The number of nitrogens with one attached hydrogen (secondary N) is 1. The van der Waals surface area contributed by atoms with E-state index in [1.54, 1.807) is 19.2 Å². The van der Waals surface area contributed by atoms with Gasteiger partial charge in [0.05, 0.1) is 10.9 Å². The van der Waals surface area contributed by atoms with Crippen LogP contribution in [0.15, 0.2) is 34.7 Å². The number of fused-ring (bicyclic) bond motifs is 1. The van der Waals surface area contributed by atoms with Gasteiger partial charge in [-0.25, -0.2) is 4.39 Å². The van der Waals surface area contributed by atoms with Crippen molar-refractivity contribution in [3.63, 3.8) is 0 Å². The number of halogens is 1. The highest BCUT2D eigenvalue weighted by Crippen LogP contribution is 2.35. The number of aryl methyl sites for hydroxylation is 1. The first-order valence-corrected chi connectivity index (χ1v) is 9.84. The molecule has 27 heavy (non-hydrogen) atoms. The van der Waals surface area contributed by atoms with Crippen molar-refractivity contribution >= 4 is 34.8 Å². The third kappa shape index (κ3) is 4.08. The molecule has 1 N–H and O–H groups in total. The number of carbonyl (C=O) groups is 1. The van der Waals surface area contributed by atoms with E-state index in [4.69, 9.17) is 4.42 Å². The summed E-state index contributed by atoms with van der Waals surface area (Å²) in [6.07, 6.45) is 1.95. The van der Waals surface area contributed by atoms with Crippen LogP contribution in [0.3, 0.4) is 0 Å². The van der Waals surface area contributed by atoms with Crippen molar-refractivity contribution in [1.29, 1.82) is 0 Å². The van der Waals surface area contributed by atoms with Crippen LogP contribution in [0.1, 0.15) is 29.8 Å². The summed E-state index contributed by atoms with van der Waals surface area (Å²) in [7, 11) is 3.47. The molecular formula is C20H24FN3O2S. The van der Waals surface area contributed by atoms with Crippen molar-refractivity contribution in [2.75, 3.05) is 24.7 Å². The van der Waals surface area contributed by atoms with E-state index in [-0.39, 0.29) is 11.7 Å². The Morgan fingerprint density at radius 2 is 1.89 bits per heavy atom. The van der Waals surface area contributed by atoms with Crippen LogP contribution in [0.25, 0.3) is 22.4 Å². The summed E-state index contributed by atoms with van der Waals surface area (Å²) >= 11 is 1.53. The van der Waals surface area contributed by atoms with E-state index in [0.717, 1.165) is 11.4 Å². The summed E-state index contributed by atoms with van der Waals surface area (Å²) in [6.45, 7) is 5.94. The molecule has 1 aromatic carbocycles. The lowest BCUT2D eigenvalue weighted by molar-refractivity contribution is 0.0964. The Balaban J connectivity index is 0.00000126. The second kappa shape index (κ2) is 8.90. The van der Waals surface area contributed by atoms with Gasteiger partial charge in [0.15, 0.2) is 0 Å². The SMILES string of the molecule is CC.CNC(=O)c1c(-c2ccc(F)cc2)oc2nc(N(C)SC)c(C)cc12. The van der Waals surface area contributed by atoms with Crippen LogP contribution < -0.4 is 9.62 Å². The van der Waals surface area contributed by atoms with Crippen molar-refractivity contribution in [2.45, 2.75) is 20.8 Å². The smallest absolute Gasteiger partial charge is 0.255 e. The van der Waals surface area contributed by atoms with Gasteiger partial charge in [-0.05, 0) is 42.8 Å². The molecule has 0 saturated carbocycles. The topological polar surface area (TPSA) is 58.4 Å². The van der Waals surface area contributed by atoms with E-state index < -0.39 is 0 Å². The highest BCUT2D eigenvalue weighted by Gasteiger charge is 2.24. The molecule has 3 aromatic rings. The van der Waals surface area contributed by atoms with Gasteiger partial charge in [-0.15, -0.1) is 0 Å². The van der Waals surface area contributed by atoms with Gasteiger partial charge < -0.3 is 14.0 Å². The van der Waals surface area contributed by atoms with Crippen LogP contribution in [-0.4, -0.2) is 31.2 Å². The van der Waals surface area contributed by atoms with Crippen molar-refractivity contribution in [2.24, 2.45) is 0 Å². The summed E-state index contributed by atoms with van der Waals surface area (Å²) in [6, 6.07) is 7.73. The monoisotopic (exact) mass is 389 g/mol. The molecule has 2 aromatic heterocycles. The number of benzene rings is 1. The molecule has 3 rings (SSSR count). The van der Waals surface area contributed by atoms with E-state index in [1.165, 1.54) is 24.1 Å². The molecular weight excluding hydrogens is 365 g/mol. The van der Waals surface area contributed by atoms with Crippen LogP contribution in [0.5, 0.6) is 0 Å². The predicted molar refractivity (Wildman–Crippen MR) is 111 cm³/mol. The molecule has 0 aliphatic rings. The second-order valence-electron chi connectivity index (χ2n) is 5.55. The summed E-state index contributed by atoms with van der Waals surface area (Å²) in [5, 5.41) is 3.27. The number of anilines is 1. The number of pyridine rings is 1. The Morgan fingerprint density at radius 1 is 1.26 bits per heavy atom. The zero-order valence-electron chi connectivity index (χ0n) is 16.4. The number of hydrogen-bond acceptors (Lipinski definition) is 5. The molecule has 5 nitrogen and oxygen atoms in total. The Hall–Kier alpha value is -2.54. The van der Waals surface area contributed by atoms with Crippen molar-refractivity contribution < 1.29 is 13.6 Å². The zero-order valence-corrected chi connectivity index (χ0v) is 17.2. The molecule has 0 atom stereocenters. The molecule has 0 aliphatic heterocycles. The van der Waals surface area contributed by atoms with Crippen LogP contribution in [0, 0.1) is 12.7 Å². The van der Waals surface area contributed by atoms with Gasteiger partial charge in [0.1, 0.15) is 17.4 Å². The van der Waals surface area contributed by atoms with Crippen LogP contribution in [0.2, 0.25) is 0 Å². The van der Waals surface area contributed by atoms with Gasteiger partial charge in [0.2, 0.25) is 5.71 Å². The third-order valence-corrected chi connectivity index (χ3v) is 4.70. The molecule has 0 fully saturated rings. The number of aromatic nitrogens is 1. The fourth-order valence-electron chi connectivity index (χ4n) is 2.67.